The highest BCUT2D eigenvalue weighted by atomic mass is 32.2. The van der Waals surface area contributed by atoms with E-state index >= 15 is 0 Å². The first-order valence-corrected chi connectivity index (χ1v) is 8.19. The molecule has 0 fully saturated rings. The zero-order valence-electron chi connectivity index (χ0n) is 11.8. The molecule has 4 N–H and O–H groups in total. The summed E-state index contributed by atoms with van der Waals surface area (Å²) >= 11 is 0. The second-order valence-corrected chi connectivity index (χ2v) is 6.12. The zero-order valence-corrected chi connectivity index (χ0v) is 12.6. The first-order valence-electron chi connectivity index (χ1n) is 6.46. The minimum absolute atomic E-state index is 0.207. The molecule has 6 nitrogen and oxygen atoms in total. The molecule has 19 heavy (non-hydrogen) atoms. The van der Waals surface area contributed by atoms with Gasteiger partial charge in [0.25, 0.3) is 0 Å². The number of hydrazine groups is 1. The molecule has 0 spiro atoms. The molecule has 1 aromatic rings. The quantitative estimate of drug-likeness (QED) is 0.492. The Hall–Kier alpha value is -1.21. The minimum Gasteiger partial charge on any atom is -0.367 e. The van der Waals surface area contributed by atoms with Crippen molar-refractivity contribution in [3.05, 3.63) is 11.9 Å². The van der Waals surface area contributed by atoms with Gasteiger partial charge >= 0.3 is 0 Å². The van der Waals surface area contributed by atoms with Crippen LogP contribution in [0.4, 0.5) is 11.6 Å². The van der Waals surface area contributed by atoms with Crippen LogP contribution in [0.25, 0.3) is 0 Å². The van der Waals surface area contributed by atoms with Crippen molar-refractivity contribution in [2.75, 3.05) is 22.8 Å². The molecule has 2 atom stereocenters. The number of nitrogens with zero attached hydrogens (tertiary/aromatic N) is 2. The Bertz CT molecular complexity index is 427. The van der Waals surface area contributed by atoms with Gasteiger partial charge in [-0.3, -0.25) is 4.21 Å². The van der Waals surface area contributed by atoms with Crippen LogP contribution < -0.4 is 16.6 Å². The number of anilines is 2. The molecule has 1 rings (SSSR count). The second kappa shape index (κ2) is 8.06. The van der Waals surface area contributed by atoms with Crippen molar-refractivity contribution < 1.29 is 4.21 Å². The molecule has 108 valence electrons. The molecule has 2 unspecified atom stereocenters. The summed E-state index contributed by atoms with van der Waals surface area (Å²) in [6.45, 7) is 4.13. The van der Waals surface area contributed by atoms with Crippen LogP contribution in [0.1, 0.15) is 32.5 Å². The predicted octanol–water partition coefficient (Wildman–Crippen LogP) is 1.28. The Labute approximate surface area is 117 Å². The van der Waals surface area contributed by atoms with Gasteiger partial charge in [0.2, 0.25) is 0 Å². The van der Waals surface area contributed by atoms with Gasteiger partial charge < -0.3 is 10.7 Å². The SMILES string of the molecule is CCCc1nc(NN)cc(NC(C)CCS(C)=O)n1. The Kier molecular flexibility index (Phi) is 6.72. The lowest BCUT2D eigenvalue weighted by atomic mass is 10.2. The summed E-state index contributed by atoms with van der Waals surface area (Å²) in [5.41, 5.74) is 2.55. The second-order valence-electron chi connectivity index (χ2n) is 4.56. The number of hydrogen-bond acceptors (Lipinski definition) is 6. The van der Waals surface area contributed by atoms with Gasteiger partial charge in [0.15, 0.2) is 0 Å². The average Bonchev–Trinajstić information content (AvgIpc) is 2.36. The van der Waals surface area contributed by atoms with Crippen molar-refractivity contribution in [1.82, 2.24) is 9.97 Å². The maximum Gasteiger partial charge on any atom is 0.145 e. The number of nitrogen functional groups attached to an aromatic ring is 1. The summed E-state index contributed by atoms with van der Waals surface area (Å²) < 4.78 is 11.1. The molecule has 0 saturated heterocycles. The van der Waals surface area contributed by atoms with Crippen LogP contribution in [0.2, 0.25) is 0 Å². The third-order valence-electron chi connectivity index (χ3n) is 2.63. The van der Waals surface area contributed by atoms with E-state index in [9.17, 15) is 4.21 Å². The smallest absolute Gasteiger partial charge is 0.145 e. The van der Waals surface area contributed by atoms with E-state index in [1.165, 1.54) is 0 Å². The van der Waals surface area contributed by atoms with Gasteiger partial charge in [0, 0.05) is 41.3 Å². The van der Waals surface area contributed by atoms with Crippen molar-refractivity contribution in [2.45, 2.75) is 39.2 Å². The van der Waals surface area contributed by atoms with Gasteiger partial charge in [-0.15, -0.1) is 0 Å². The highest BCUT2D eigenvalue weighted by molar-refractivity contribution is 7.84. The fourth-order valence-electron chi connectivity index (χ4n) is 1.65. The summed E-state index contributed by atoms with van der Waals surface area (Å²) in [5.74, 6) is 8.21. The lowest BCUT2D eigenvalue weighted by Crippen LogP contribution is -2.20. The van der Waals surface area contributed by atoms with Crippen molar-refractivity contribution >= 4 is 22.4 Å². The molecule has 0 amide bonds. The van der Waals surface area contributed by atoms with E-state index in [-0.39, 0.29) is 6.04 Å². The maximum absolute atomic E-state index is 11.1. The molecule has 0 saturated carbocycles. The molecular weight excluding hydrogens is 262 g/mol. The van der Waals surface area contributed by atoms with E-state index in [2.05, 4.69) is 27.6 Å². The fourth-order valence-corrected chi connectivity index (χ4v) is 2.33. The lowest BCUT2D eigenvalue weighted by Gasteiger charge is -2.15. The van der Waals surface area contributed by atoms with Crippen LogP contribution in [0.5, 0.6) is 0 Å². The van der Waals surface area contributed by atoms with Gasteiger partial charge in [0.1, 0.15) is 17.5 Å². The van der Waals surface area contributed by atoms with Crippen LogP contribution in [0.3, 0.4) is 0 Å². The predicted molar refractivity (Wildman–Crippen MR) is 80.5 cm³/mol. The third kappa shape index (κ3) is 5.98. The molecule has 0 aliphatic heterocycles. The lowest BCUT2D eigenvalue weighted by molar-refractivity contribution is 0.678. The number of hydrogen-bond donors (Lipinski definition) is 3. The molecule has 0 aliphatic carbocycles. The Morgan fingerprint density at radius 3 is 2.68 bits per heavy atom. The molecule has 1 aromatic heterocycles. The summed E-state index contributed by atoms with van der Waals surface area (Å²) in [7, 11) is -0.763. The van der Waals surface area contributed by atoms with E-state index in [4.69, 9.17) is 5.84 Å². The number of rotatable bonds is 8. The first-order chi connectivity index (χ1) is 9.05. The highest BCUT2D eigenvalue weighted by Gasteiger charge is 2.07. The fraction of sp³-hybridized carbons (Fsp3) is 0.667. The number of nitrogens with two attached hydrogens (primary N) is 1. The van der Waals surface area contributed by atoms with Crippen LogP contribution in [0.15, 0.2) is 6.07 Å². The van der Waals surface area contributed by atoms with E-state index in [0.29, 0.717) is 11.6 Å². The zero-order chi connectivity index (χ0) is 14.3. The Morgan fingerprint density at radius 2 is 2.11 bits per heavy atom. The number of aryl methyl sites for hydroxylation is 1. The third-order valence-corrected chi connectivity index (χ3v) is 3.44. The normalized spacial score (nSPS) is 13.9. The first kappa shape index (κ1) is 15.8. The van der Waals surface area contributed by atoms with Crippen molar-refractivity contribution in [3.8, 4) is 0 Å². The number of aromatic nitrogens is 2. The van der Waals surface area contributed by atoms with Gasteiger partial charge in [-0.1, -0.05) is 6.92 Å². The molecule has 0 radical (unpaired) electrons. The van der Waals surface area contributed by atoms with Gasteiger partial charge in [-0.25, -0.2) is 15.8 Å². The number of nitrogens with one attached hydrogen (secondary N) is 2. The van der Waals surface area contributed by atoms with E-state index in [1.807, 2.05) is 6.92 Å². The molecule has 0 bridgehead atoms. The maximum atomic E-state index is 11.1. The van der Waals surface area contributed by atoms with E-state index in [0.717, 1.165) is 30.9 Å². The van der Waals surface area contributed by atoms with Gasteiger partial charge in [0.05, 0.1) is 0 Å². The standard InChI is InChI=1S/C12H23N5OS/c1-4-5-10-15-11(8-12(16-10)17-13)14-9(2)6-7-19(3)18/h8-9H,4-7,13H2,1-3H3,(H2,14,15,16,17). The summed E-state index contributed by atoms with van der Waals surface area (Å²) in [5, 5.41) is 3.29. The summed E-state index contributed by atoms with van der Waals surface area (Å²) in [6.07, 6.45) is 4.35. The van der Waals surface area contributed by atoms with Crippen molar-refractivity contribution in [1.29, 1.82) is 0 Å². The largest absolute Gasteiger partial charge is 0.367 e. The van der Waals surface area contributed by atoms with E-state index < -0.39 is 10.8 Å². The molecule has 7 heteroatoms. The van der Waals surface area contributed by atoms with Crippen molar-refractivity contribution in [2.24, 2.45) is 5.84 Å². The van der Waals surface area contributed by atoms with Crippen LogP contribution in [-0.2, 0) is 17.2 Å². The minimum atomic E-state index is -0.763. The van der Waals surface area contributed by atoms with Crippen LogP contribution in [0, 0.1) is 0 Å². The van der Waals surface area contributed by atoms with Gasteiger partial charge in [-0.05, 0) is 19.8 Å². The summed E-state index contributed by atoms with van der Waals surface area (Å²) in [6, 6.07) is 1.98. The Morgan fingerprint density at radius 1 is 1.42 bits per heavy atom. The van der Waals surface area contributed by atoms with Crippen LogP contribution in [-0.4, -0.2) is 32.2 Å². The summed E-state index contributed by atoms with van der Waals surface area (Å²) in [4.78, 5) is 8.73. The molecule has 0 aromatic carbocycles. The monoisotopic (exact) mass is 285 g/mol. The highest BCUT2D eigenvalue weighted by Crippen LogP contribution is 2.13. The van der Waals surface area contributed by atoms with Gasteiger partial charge in [-0.2, -0.15) is 0 Å². The van der Waals surface area contributed by atoms with Crippen LogP contribution >= 0.6 is 0 Å². The Balaban J connectivity index is 2.70. The van der Waals surface area contributed by atoms with Crippen molar-refractivity contribution in [3.63, 3.8) is 0 Å². The molecular formula is C12H23N5OS. The topological polar surface area (TPSA) is 92.9 Å². The molecule has 0 aliphatic rings. The molecule has 1 heterocycles. The average molecular weight is 285 g/mol. The van der Waals surface area contributed by atoms with E-state index in [1.54, 1.807) is 12.3 Å².